The Bertz CT molecular complexity index is 296. The predicted octanol–water partition coefficient (Wildman–Crippen LogP) is 2.95. The molecule has 1 atom stereocenters. The summed E-state index contributed by atoms with van der Waals surface area (Å²) in [6, 6.07) is 0.368. The molecule has 0 saturated carbocycles. The van der Waals surface area contributed by atoms with Crippen LogP contribution in [0, 0.1) is 5.41 Å². The molecule has 1 heterocycles. The van der Waals surface area contributed by atoms with Crippen molar-refractivity contribution in [3.05, 3.63) is 16.6 Å². The lowest BCUT2D eigenvalue weighted by Gasteiger charge is -2.24. The topological polar surface area (TPSA) is 50.9 Å². The molecule has 0 aliphatic heterocycles. The van der Waals surface area contributed by atoms with Crippen LogP contribution in [-0.2, 0) is 0 Å². The minimum atomic E-state index is 0.368. The molecule has 1 unspecified atom stereocenters. The van der Waals surface area contributed by atoms with Gasteiger partial charge in [-0.2, -0.15) is 0 Å². The van der Waals surface area contributed by atoms with E-state index in [-0.39, 0.29) is 0 Å². The molecule has 98 valence electrons. The Morgan fingerprint density at radius 3 is 2.82 bits per heavy atom. The Morgan fingerprint density at radius 1 is 1.47 bits per heavy atom. The van der Waals surface area contributed by atoms with Gasteiger partial charge in [-0.15, -0.1) is 11.3 Å². The summed E-state index contributed by atoms with van der Waals surface area (Å²) in [5.41, 5.74) is 5.98. The quantitative estimate of drug-likeness (QED) is 0.702. The van der Waals surface area contributed by atoms with E-state index in [2.05, 4.69) is 31.1 Å². The maximum absolute atomic E-state index is 5.61. The summed E-state index contributed by atoms with van der Waals surface area (Å²) in [6.07, 6.45) is 5.39. The lowest BCUT2D eigenvalue weighted by atomic mass is 9.84. The lowest BCUT2D eigenvalue weighted by Crippen LogP contribution is -2.23. The maximum Gasteiger partial charge on any atom is 0.109 e. The van der Waals surface area contributed by atoms with Crippen molar-refractivity contribution in [2.24, 2.45) is 11.1 Å². The van der Waals surface area contributed by atoms with E-state index in [1.807, 2.05) is 11.6 Å². The van der Waals surface area contributed by atoms with Crippen LogP contribution in [0.15, 0.2) is 11.6 Å². The van der Waals surface area contributed by atoms with Crippen molar-refractivity contribution in [2.75, 3.05) is 13.1 Å². The van der Waals surface area contributed by atoms with Crippen molar-refractivity contribution in [2.45, 2.75) is 46.1 Å². The van der Waals surface area contributed by atoms with E-state index in [0.717, 1.165) is 19.5 Å². The summed E-state index contributed by atoms with van der Waals surface area (Å²) in [7, 11) is 0. The molecule has 0 spiro atoms. The van der Waals surface area contributed by atoms with Crippen LogP contribution in [0.2, 0.25) is 0 Å². The van der Waals surface area contributed by atoms with Crippen LogP contribution in [-0.4, -0.2) is 18.1 Å². The molecule has 1 rings (SSSR count). The van der Waals surface area contributed by atoms with Crippen molar-refractivity contribution in [3.63, 3.8) is 0 Å². The molecule has 3 N–H and O–H groups in total. The third-order valence-electron chi connectivity index (χ3n) is 3.12. The highest BCUT2D eigenvalue weighted by atomic mass is 32.1. The molecule has 0 bridgehead atoms. The van der Waals surface area contributed by atoms with E-state index in [9.17, 15) is 0 Å². The van der Waals surface area contributed by atoms with Gasteiger partial charge in [-0.05, 0) is 44.7 Å². The van der Waals surface area contributed by atoms with Crippen molar-refractivity contribution in [3.8, 4) is 0 Å². The standard InChI is InChI=1S/C13H25N3S/c1-11(12-16-9-10-17-12)15-8-4-5-13(2,3)6-7-14/h9-11,15H,4-8,14H2,1-3H3. The molecule has 3 nitrogen and oxygen atoms in total. The van der Waals surface area contributed by atoms with Crippen molar-refractivity contribution in [1.29, 1.82) is 0 Å². The predicted molar refractivity (Wildman–Crippen MR) is 75.2 cm³/mol. The first-order chi connectivity index (χ1) is 8.05. The number of hydrogen-bond acceptors (Lipinski definition) is 4. The van der Waals surface area contributed by atoms with E-state index in [0.29, 0.717) is 11.5 Å². The van der Waals surface area contributed by atoms with Gasteiger partial charge in [0.1, 0.15) is 5.01 Å². The van der Waals surface area contributed by atoms with Crippen LogP contribution in [0.3, 0.4) is 0 Å². The van der Waals surface area contributed by atoms with Gasteiger partial charge < -0.3 is 11.1 Å². The van der Waals surface area contributed by atoms with Crippen molar-refractivity contribution < 1.29 is 0 Å². The molecule has 0 amide bonds. The zero-order valence-corrected chi connectivity index (χ0v) is 12.0. The number of nitrogens with two attached hydrogens (primary N) is 1. The first-order valence-electron chi connectivity index (χ1n) is 6.38. The molecular weight excluding hydrogens is 230 g/mol. The smallest absolute Gasteiger partial charge is 0.109 e. The van der Waals surface area contributed by atoms with E-state index in [1.54, 1.807) is 11.3 Å². The minimum Gasteiger partial charge on any atom is -0.330 e. The number of rotatable bonds is 8. The molecule has 0 aliphatic carbocycles. The SMILES string of the molecule is CC(NCCCC(C)(C)CCN)c1nccs1. The van der Waals surface area contributed by atoms with Gasteiger partial charge in [0, 0.05) is 11.6 Å². The third-order valence-corrected chi connectivity index (χ3v) is 4.08. The van der Waals surface area contributed by atoms with Crippen LogP contribution in [0.4, 0.5) is 0 Å². The molecule has 4 heteroatoms. The molecule has 17 heavy (non-hydrogen) atoms. The number of nitrogens with zero attached hydrogens (tertiary/aromatic N) is 1. The summed E-state index contributed by atoms with van der Waals surface area (Å²) in [6.45, 7) is 8.60. The highest BCUT2D eigenvalue weighted by Crippen LogP contribution is 2.25. The molecular formula is C13H25N3S. The Hall–Kier alpha value is -0.450. The highest BCUT2D eigenvalue weighted by molar-refractivity contribution is 7.09. The van der Waals surface area contributed by atoms with Gasteiger partial charge in [0.25, 0.3) is 0 Å². The minimum absolute atomic E-state index is 0.368. The molecule has 1 aromatic heterocycles. The van der Waals surface area contributed by atoms with E-state index < -0.39 is 0 Å². The van der Waals surface area contributed by atoms with Crippen LogP contribution in [0.5, 0.6) is 0 Å². The van der Waals surface area contributed by atoms with Gasteiger partial charge in [0.05, 0.1) is 6.04 Å². The molecule has 0 saturated heterocycles. The summed E-state index contributed by atoms with van der Waals surface area (Å²) in [5, 5.41) is 6.71. The van der Waals surface area contributed by atoms with Crippen molar-refractivity contribution in [1.82, 2.24) is 10.3 Å². The normalized spacial score (nSPS) is 13.9. The Balaban J connectivity index is 2.16. The first kappa shape index (κ1) is 14.6. The highest BCUT2D eigenvalue weighted by Gasteiger charge is 2.16. The fourth-order valence-corrected chi connectivity index (χ4v) is 2.61. The molecule has 0 radical (unpaired) electrons. The summed E-state index contributed by atoms with van der Waals surface area (Å²) in [4.78, 5) is 4.31. The summed E-state index contributed by atoms with van der Waals surface area (Å²) < 4.78 is 0. The molecule has 0 aliphatic rings. The second kappa shape index (κ2) is 7.09. The van der Waals surface area contributed by atoms with Crippen LogP contribution >= 0.6 is 11.3 Å². The third kappa shape index (κ3) is 5.61. The lowest BCUT2D eigenvalue weighted by molar-refractivity contribution is 0.300. The molecule has 0 fully saturated rings. The monoisotopic (exact) mass is 255 g/mol. The maximum atomic E-state index is 5.61. The second-order valence-corrected chi connectivity index (χ2v) is 6.28. The van der Waals surface area contributed by atoms with Gasteiger partial charge in [-0.25, -0.2) is 4.98 Å². The van der Waals surface area contributed by atoms with E-state index >= 15 is 0 Å². The number of thiazole rings is 1. The van der Waals surface area contributed by atoms with Gasteiger partial charge in [-0.1, -0.05) is 13.8 Å². The van der Waals surface area contributed by atoms with Gasteiger partial charge in [0.2, 0.25) is 0 Å². The van der Waals surface area contributed by atoms with E-state index in [4.69, 9.17) is 5.73 Å². The van der Waals surface area contributed by atoms with Gasteiger partial charge >= 0.3 is 0 Å². The summed E-state index contributed by atoms with van der Waals surface area (Å²) >= 11 is 1.71. The number of nitrogens with one attached hydrogen (secondary N) is 1. The zero-order chi connectivity index (χ0) is 12.7. The first-order valence-corrected chi connectivity index (χ1v) is 7.26. The molecule has 0 aromatic carbocycles. The van der Waals surface area contributed by atoms with Gasteiger partial charge in [-0.3, -0.25) is 0 Å². The number of aromatic nitrogens is 1. The second-order valence-electron chi connectivity index (χ2n) is 5.35. The average Bonchev–Trinajstić information content (AvgIpc) is 2.77. The van der Waals surface area contributed by atoms with Crippen LogP contribution in [0.1, 0.15) is 51.1 Å². The van der Waals surface area contributed by atoms with Crippen LogP contribution < -0.4 is 11.1 Å². The Labute approximate surface area is 109 Å². The fourth-order valence-electron chi connectivity index (χ4n) is 1.94. The molecule has 1 aromatic rings. The van der Waals surface area contributed by atoms with E-state index in [1.165, 1.54) is 17.8 Å². The largest absolute Gasteiger partial charge is 0.330 e. The zero-order valence-electron chi connectivity index (χ0n) is 11.2. The summed E-state index contributed by atoms with van der Waals surface area (Å²) in [5.74, 6) is 0. The number of hydrogen-bond donors (Lipinski definition) is 2. The fraction of sp³-hybridized carbons (Fsp3) is 0.769. The average molecular weight is 255 g/mol. The van der Waals surface area contributed by atoms with Gasteiger partial charge in [0.15, 0.2) is 0 Å². The van der Waals surface area contributed by atoms with Crippen molar-refractivity contribution >= 4 is 11.3 Å². The Morgan fingerprint density at radius 2 is 2.24 bits per heavy atom. The Kier molecular flexibility index (Phi) is 6.09. The van der Waals surface area contributed by atoms with Crippen LogP contribution in [0.25, 0.3) is 0 Å².